The van der Waals surface area contributed by atoms with E-state index >= 15 is 0 Å². The standard InChI is InChI=1S/C22H21N3O2/c1-23-21(26)17-11-8-14-19(15-17)24-20(16-9-4-2-5-10-16)22(27)25-18-12-6-3-7-13-18/h2-15,20,24H,1H3,(H,23,26)(H,25,27)/t20-/m0/s1. The van der Waals surface area contributed by atoms with Crippen LogP contribution in [-0.4, -0.2) is 18.9 Å². The summed E-state index contributed by atoms with van der Waals surface area (Å²) in [6.07, 6.45) is 0. The summed E-state index contributed by atoms with van der Waals surface area (Å²) in [6.45, 7) is 0. The maximum atomic E-state index is 12.9. The van der Waals surface area contributed by atoms with Gasteiger partial charge in [0.15, 0.2) is 0 Å². The van der Waals surface area contributed by atoms with Gasteiger partial charge < -0.3 is 16.0 Å². The van der Waals surface area contributed by atoms with Gasteiger partial charge in [-0.15, -0.1) is 0 Å². The van der Waals surface area contributed by atoms with Crippen LogP contribution in [0.2, 0.25) is 0 Å². The summed E-state index contributed by atoms with van der Waals surface area (Å²) in [5.41, 5.74) is 2.77. The molecule has 3 rings (SSSR count). The Morgan fingerprint density at radius 2 is 1.41 bits per heavy atom. The maximum Gasteiger partial charge on any atom is 0.251 e. The van der Waals surface area contributed by atoms with Crippen LogP contribution in [0, 0.1) is 0 Å². The summed E-state index contributed by atoms with van der Waals surface area (Å²) < 4.78 is 0. The van der Waals surface area contributed by atoms with Crippen molar-refractivity contribution in [3.8, 4) is 0 Å². The third-order valence-electron chi connectivity index (χ3n) is 4.10. The topological polar surface area (TPSA) is 70.2 Å². The fraction of sp³-hybridized carbons (Fsp3) is 0.0909. The van der Waals surface area contributed by atoms with Gasteiger partial charge in [0.05, 0.1) is 0 Å². The molecule has 0 saturated heterocycles. The first kappa shape index (κ1) is 18.2. The van der Waals surface area contributed by atoms with Crippen LogP contribution >= 0.6 is 0 Å². The van der Waals surface area contributed by atoms with Crippen LogP contribution in [0.4, 0.5) is 11.4 Å². The van der Waals surface area contributed by atoms with Gasteiger partial charge in [0.25, 0.3) is 11.8 Å². The molecule has 0 aliphatic rings. The first-order valence-electron chi connectivity index (χ1n) is 8.67. The van der Waals surface area contributed by atoms with Crippen LogP contribution in [0.3, 0.4) is 0 Å². The van der Waals surface area contributed by atoms with Crippen LogP contribution in [0.15, 0.2) is 84.9 Å². The SMILES string of the molecule is CNC(=O)c1cccc(N[C@H](C(=O)Nc2ccccc2)c2ccccc2)c1. The first-order valence-corrected chi connectivity index (χ1v) is 8.67. The molecule has 0 spiro atoms. The van der Waals surface area contributed by atoms with Gasteiger partial charge in [0.1, 0.15) is 6.04 Å². The number of nitrogens with one attached hydrogen (secondary N) is 3. The molecule has 5 nitrogen and oxygen atoms in total. The number of anilines is 2. The minimum atomic E-state index is -0.605. The minimum Gasteiger partial charge on any atom is -0.370 e. The van der Waals surface area contributed by atoms with Gasteiger partial charge in [-0.25, -0.2) is 0 Å². The Balaban J connectivity index is 1.87. The molecular weight excluding hydrogens is 338 g/mol. The zero-order valence-electron chi connectivity index (χ0n) is 15.0. The zero-order chi connectivity index (χ0) is 19.1. The molecule has 0 fully saturated rings. The molecule has 136 valence electrons. The highest BCUT2D eigenvalue weighted by Gasteiger charge is 2.21. The number of para-hydroxylation sites is 1. The summed E-state index contributed by atoms with van der Waals surface area (Å²) in [4.78, 5) is 24.8. The van der Waals surface area contributed by atoms with Crippen molar-refractivity contribution in [3.63, 3.8) is 0 Å². The van der Waals surface area contributed by atoms with Gasteiger partial charge >= 0.3 is 0 Å². The predicted molar refractivity (Wildman–Crippen MR) is 108 cm³/mol. The fourth-order valence-electron chi connectivity index (χ4n) is 2.74. The number of benzene rings is 3. The fourth-order valence-corrected chi connectivity index (χ4v) is 2.74. The van der Waals surface area contributed by atoms with Gasteiger partial charge in [-0.3, -0.25) is 9.59 Å². The molecule has 0 radical (unpaired) electrons. The van der Waals surface area contributed by atoms with Crippen molar-refractivity contribution in [1.29, 1.82) is 0 Å². The third kappa shape index (κ3) is 4.73. The Kier molecular flexibility index (Phi) is 5.84. The van der Waals surface area contributed by atoms with Gasteiger partial charge in [-0.2, -0.15) is 0 Å². The van der Waals surface area contributed by atoms with Crippen molar-refractivity contribution in [2.24, 2.45) is 0 Å². The second kappa shape index (κ2) is 8.67. The molecule has 3 aromatic rings. The van der Waals surface area contributed by atoms with E-state index in [2.05, 4.69) is 16.0 Å². The van der Waals surface area contributed by atoms with Gasteiger partial charge in [0, 0.05) is 24.0 Å². The molecule has 1 atom stereocenters. The Hall–Kier alpha value is -3.60. The van der Waals surface area contributed by atoms with Crippen LogP contribution < -0.4 is 16.0 Å². The molecule has 0 heterocycles. The highest BCUT2D eigenvalue weighted by Crippen LogP contribution is 2.22. The van der Waals surface area contributed by atoms with Crippen molar-refractivity contribution < 1.29 is 9.59 Å². The van der Waals surface area contributed by atoms with Crippen molar-refractivity contribution in [1.82, 2.24) is 5.32 Å². The summed E-state index contributed by atoms with van der Waals surface area (Å²) >= 11 is 0. The van der Waals surface area contributed by atoms with Crippen molar-refractivity contribution >= 4 is 23.2 Å². The lowest BCUT2D eigenvalue weighted by molar-refractivity contribution is -0.117. The number of amides is 2. The predicted octanol–water partition coefficient (Wildman–Crippen LogP) is 3.84. The van der Waals surface area contributed by atoms with Crippen molar-refractivity contribution in [2.45, 2.75) is 6.04 Å². The molecular formula is C22H21N3O2. The molecule has 0 saturated carbocycles. The van der Waals surface area contributed by atoms with Crippen molar-refractivity contribution in [3.05, 3.63) is 96.1 Å². The quantitative estimate of drug-likeness (QED) is 0.626. The van der Waals surface area contributed by atoms with E-state index < -0.39 is 6.04 Å². The molecule has 0 unspecified atom stereocenters. The van der Waals surface area contributed by atoms with Gasteiger partial charge in [-0.1, -0.05) is 54.6 Å². The molecule has 5 heteroatoms. The lowest BCUT2D eigenvalue weighted by Gasteiger charge is -2.20. The monoisotopic (exact) mass is 359 g/mol. The lowest BCUT2D eigenvalue weighted by Crippen LogP contribution is -2.27. The molecule has 0 aliphatic carbocycles. The van der Waals surface area contributed by atoms with E-state index in [0.717, 1.165) is 11.3 Å². The second-order valence-corrected chi connectivity index (χ2v) is 6.00. The Morgan fingerprint density at radius 3 is 2.07 bits per heavy atom. The van der Waals surface area contributed by atoms with E-state index in [1.165, 1.54) is 0 Å². The molecule has 3 aromatic carbocycles. The molecule has 0 bridgehead atoms. The van der Waals surface area contributed by atoms with E-state index in [4.69, 9.17) is 0 Å². The van der Waals surface area contributed by atoms with Gasteiger partial charge in [-0.05, 0) is 35.9 Å². The molecule has 0 aromatic heterocycles. The summed E-state index contributed by atoms with van der Waals surface area (Å²) in [5, 5.41) is 8.77. The lowest BCUT2D eigenvalue weighted by atomic mass is 10.0. The van der Waals surface area contributed by atoms with E-state index in [1.54, 1.807) is 25.2 Å². The summed E-state index contributed by atoms with van der Waals surface area (Å²) in [7, 11) is 1.59. The van der Waals surface area contributed by atoms with Crippen molar-refractivity contribution in [2.75, 3.05) is 17.7 Å². The Bertz CT molecular complexity index is 911. The number of rotatable bonds is 6. The zero-order valence-corrected chi connectivity index (χ0v) is 15.0. The number of carbonyl (C=O) groups is 2. The summed E-state index contributed by atoms with van der Waals surface area (Å²) in [5.74, 6) is -0.360. The van der Waals surface area contributed by atoms with E-state index in [1.807, 2.05) is 66.7 Å². The number of hydrogen-bond donors (Lipinski definition) is 3. The van der Waals surface area contributed by atoms with Gasteiger partial charge in [0.2, 0.25) is 0 Å². The van der Waals surface area contributed by atoms with E-state index in [9.17, 15) is 9.59 Å². The Morgan fingerprint density at radius 1 is 0.778 bits per heavy atom. The average Bonchev–Trinajstić information content (AvgIpc) is 2.73. The summed E-state index contributed by atoms with van der Waals surface area (Å²) in [6, 6.07) is 25.2. The molecule has 2 amide bonds. The average molecular weight is 359 g/mol. The maximum absolute atomic E-state index is 12.9. The minimum absolute atomic E-state index is 0.177. The molecule has 27 heavy (non-hydrogen) atoms. The Labute approximate surface area is 158 Å². The highest BCUT2D eigenvalue weighted by atomic mass is 16.2. The smallest absolute Gasteiger partial charge is 0.251 e. The normalized spacial score (nSPS) is 11.3. The first-order chi connectivity index (χ1) is 13.2. The molecule has 3 N–H and O–H groups in total. The number of carbonyl (C=O) groups excluding carboxylic acids is 2. The van der Waals surface area contributed by atoms with Crippen LogP contribution in [0.1, 0.15) is 22.0 Å². The van der Waals surface area contributed by atoms with Crippen LogP contribution in [0.25, 0.3) is 0 Å². The largest absolute Gasteiger partial charge is 0.370 e. The molecule has 0 aliphatic heterocycles. The number of hydrogen-bond acceptors (Lipinski definition) is 3. The van der Waals surface area contributed by atoms with E-state index in [0.29, 0.717) is 11.3 Å². The van der Waals surface area contributed by atoms with Crippen LogP contribution in [-0.2, 0) is 4.79 Å². The third-order valence-corrected chi connectivity index (χ3v) is 4.10. The van der Waals surface area contributed by atoms with Crippen LogP contribution in [0.5, 0.6) is 0 Å². The highest BCUT2D eigenvalue weighted by molar-refractivity contribution is 5.98. The second-order valence-electron chi connectivity index (χ2n) is 6.00. The van der Waals surface area contributed by atoms with E-state index in [-0.39, 0.29) is 11.8 Å².